The molecule has 3 heterocycles. The van der Waals surface area contributed by atoms with Crippen LogP contribution in [-0.2, 0) is 0 Å². The molecule has 108 valence electrons. The molecule has 4 rings (SSSR count). The molecule has 3 aromatic heterocycles. The van der Waals surface area contributed by atoms with Gasteiger partial charge in [-0.05, 0) is 29.6 Å². The molecule has 0 amide bonds. The van der Waals surface area contributed by atoms with Gasteiger partial charge in [-0.25, -0.2) is 4.98 Å². The monoisotopic (exact) mass is 306 g/mol. The fourth-order valence-corrected chi connectivity index (χ4v) is 3.24. The average molecular weight is 306 g/mol. The number of rotatable bonds is 3. The van der Waals surface area contributed by atoms with E-state index in [0.717, 1.165) is 33.2 Å². The number of nitrogens with zero attached hydrogens (tertiary/aromatic N) is 3. The highest BCUT2D eigenvalue weighted by Crippen LogP contribution is 2.29. The lowest BCUT2D eigenvalue weighted by Gasteiger charge is -2.08. The van der Waals surface area contributed by atoms with Crippen LogP contribution in [0.15, 0.2) is 60.1 Å². The van der Waals surface area contributed by atoms with E-state index in [0.29, 0.717) is 0 Å². The minimum Gasteiger partial charge on any atom is -0.358 e. The first-order valence-electron chi connectivity index (χ1n) is 7.02. The molecule has 0 bridgehead atoms. The van der Waals surface area contributed by atoms with Crippen LogP contribution in [0, 0.1) is 0 Å². The number of anilines is 1. The highest BCUT2D eigenvalue weighted by molar-refractivity contribution is 7.13. The minimum atomic E-state index is 0.811. The summed E-state index contributed by atoms with van der Waals surface area (Å²) in [5, 5.41) is 5.23. The average Bonchev–Trinajstić information content (AvgIpc) is 3.22. The Morgan fingerprint density at radius 1 is 1.09 bits per heavy atom. The standard InChI is InChI=1S/C17H14N4S/c1-18-17-20-14-11-19-13(16-8-5-9-22-16)10-15(14)21(17)12-6-3-2-4-7-12/h2-11H,1H3,(H,18,20). The van der Waals surface area contributed by atoms with E-state index in [9.17, 15) is 0 Å². The normalized spacial score (nSPS) is 11.0. The van der Waals surface area contributed by atoms with Crippen molar-refractivity contribution in [1.82, 2.24) is 14.5 Å². The Balaban J connectivity index is 1.99. The Morgan fingerprint density at radius 2 is 1.95 bits per heavy atom. The Labute approximate surface area is 132 Å². The van der Waals surface area contributed by atoms with Gasteiger partial charge in [0.1, 0.15) is 5.52 Å². The van der Waals surface area contributed by atoms with Gasteiger partial charge in [0.25, 0.3) is 0 Å². The number of hydrogen-bond donors (Lipinski definition) is 1. The van der Waals surface area contributed by atoms with E-state index in [1.54, 1.807) is 11.3 Å². The first-order valence-corrected chi connectivity index (χ1v) is 7.90. The van der Waals surface area contributed by atoms with E-state index in [-0.39, 0.29) is 0 Å². The molecule has 0 aliphatic rings. The Morgan fingerprint density at radius 3 is 2.68 bits per heavy atom. The largest absolute Gasteiger partial charge is 0.358 e. The number of hydrogen-bond acceptors (Lipinski definition) is 4. The molecular formula is C17H14N4S. The number of para-hydroxylation sites is 1. The van der Waals surface area contributed by atoms with Crippen LogP contribution in [0.5, 0.6) is 0 Å². The Kier molecular flexibility index (Phi) is 3.12. The predicted octanol–water partition coefficient (Wildman–Crippen LogP) is 4.19. The van der Waals surface area contributed by atoms with Crippen LogP contribution in [0.3, 0.4) is 0 Å². The number of thiophene rings is 1. The zero-order valence-corrected chi connectivity index (χ0v) is 12.8. The summed E-state index contributed by atoms with van der Waals surface area (Å²) in [7, 11) is 1.88. The topological polar surface area (TPSA) is 42.7 Å². The lowest BCUT2D eigenvalue weighted by molar-refractivity contribution is 1.09. The lowest BCUT2D eigenvalue weighted by Crippen LogP contribution is -2.01. The molecule has 0 aliphatic carbocycles. The van der Waals surface area contributed by atoms with Gasteiger partial charge < -0.3 is 5.32 Å². The number of imidazole rings is 1. The molecule has 5 heteroatoms. The summed E-state index contributed by atoms with van der Waals surface area (Å²) in [6.07, 6.45) is 1.84. The third kappa shape index (κ3) is 2.07. The van der Waals surface area contributed by atoms with E-state index in [1.165, 1.54) is 0 Å². The van der Waals surface area contributed by atoms with Crippen LogP contribution in [-0.4, -0.2) is 21.6 Å². The summed E-state index contributed by atoms with van der Waals surface area (Å²) in [6.45, 7) is 0. The molecule has 1 aromatic carbocycles. The van der Waals surface area contributed by atoms with Crippen LogP contribution in [0.1, 0.15) is 0 Å². The molecule has 0 aliphatic heterocycles. The zero-order chi connectivity index (χ0) is 14.9. The molecule has 4 nitrogen and oxygen atoms in total. The fourth-order valence-electron chi connectivity index (χ4n) is 2.55. The van der Waals surface area contributed by atoms with Crippen LogP contribution in [0.25, 0.3) is 27.3 Å². The third-order valence-corrected chi connectivity index (χ3v) is 4.44. The lowest BCUT2D eigenvalue weighted by atomic mass is 10.2. The van der Waals surface area contributed by atoms with Crippen LogP contribution < -0.4 is 5.32 Å². The van der Waals surface area contributed by atoms with E-state index in [4.69, 9.17) is 0 Å². The number of aromatic nitrogens is 3. The molecule has 0 atom stereocenters. The maximum Gasteiger partial charge on any atom is 0.208 e. The van der Waals surface area contributed by atoms with Crippen molar-refractivity contribution in [2.75, 3.05) is 12.4 Å². The van der Waals surface area contributed by atoms with Gasteiger partial charge in [0.2, 0.25) is 5.95 Å². The molecule has 4 aromatic rings. The smallest absolute Gasteiger partial charge is 0.208 e. The second kappa shape index (κ2) is 5.27. The zero-order valence-electron chi connectivity index (χ0n) is 12.0. The van der Waals surface area contributed by atoms with Gasteiger partial charge in [-0.1, -0.05) is 24.3 Å². The molecule has 0 saturated heterocycles. The van der Waals surface area contributed by atoms with Crippen LogP contribution in [0.4, 0.5) is 5.95 Å². The highest BCUT2D eigenvalue weighted by atomic mass is 32.1. The molecule has 1 N–H and O–H groups in total. The third-order valence-electron chi connectivity index (χ3n) is 3.55. The van der Waals surface area contributed by atoms with Crippen molar-refractivity contribution < 1.29 is 0 Å². The molecular weight excluding hydrogens is 292 g/mol. The fraction of sp³-hybridized carbons (Fsp3) is 0.0588. The number of fused-ring (bicyclic) bond motifs is 1. The van der Waals surface area contributed by atoms with Crippen molar-refractivity contribution in [2.24, 2.45) is 0 Å². The second-order valence-electron chi connectivity index (χ2n) is 4.89. The van der Waals surface area contributed by atoms with Crippen molar-refractivity contribution in [2.45, 2.75) is 0 Å². The van der Waals surface area contributed by atoms with Gasteiger partial charge in [-0.15, -0.1) is 11.3 Å². The predicted molar refractivity (Wildman–Crippen MR) is 91.7 cm³/mol. The molecule has 0 fully saturated rings. The summed E-state index contributed by atoms with van der Waals surface area (Å²) < 4.78 is 2.12. The molecule has 0 spiro atoms. The second-order valence-corrected chi connectivity index (χ2v) is 5.84. The maximum atomic E-state index is 4.62. The Hall–Kier alpha value is -2.66. The van der Waals surface area contributed by atoms with Gasteiger partial charge in [0.15, 0.2) is 0 Å². The van der Waals surface area contributed by atoms with Crippen molar-refractivity contribution in [1.29, 1.82) is 0 Å². The van der Waals surface area contributed by atoms with Crippen molar-refractivity contribution in [3.05, 3.63) is 60.1 Å². The molecule has 0 radical (unpaired) electrons. The molecule has 0 saturated carbocycles. The van der Waals surface area contributed by atoms with Gasteiger partial charge in [-0.3, -0.25) is 9.55 Å². The summed E-state index contributed by atoms with van der Waals surface area (Å²) >= 11 is 1.69. The first-order chi connectivity index (χ1) is 10.9. The van der Waals surface area contributed by atoms with Crippen LogP contribution in [0.2, 0.25) is 0 Å². The van der Waals surface area contributed by atoms with Gasteiger partial charge in [0.05, 0.1) is 22.3 Å². The summed E-state index contributed by atoms with van der Waals surface area (Å²) in [5.41, 5.74) is 3.99. The highest BCUT2D eigenvalue weighted by Gasteiger charge is 2.13. The number of pyridine rings is 1. The minimum absolute atomic E-state index is 0.811. The van der Waals surface area contributed by atoms with Crippen molar-refractivity contribution in [3.63, 3.8) is 0 Å². The first kappa shape index (κ1) is 13.0. The summed E-state index contributed by atoms with van der Waals surface area (Å²) in [5.74, 6) is 0.811. The molecule has 0 unspecified atom stereocenters. The van der Waals surface area contributed by atoms with Gasteiger partial charge in [-0.2, -0.15) is 0 Å². The summed E-state index contributed by atoms with van der Waals surface area (Å²) in [4.78, 5) is 10.3. The quantitative estimate of drug-likeness (QED) is 0.617. The summed E-state index contributed by atoms with van der Waals surface area (Å²) in [6, 6.07) is 16.5. The van der Waals surface area contributed by atoms with E-state index in [1.807, 2.05) is 37.5 Å². The number of benzene rings is 1. The van der Waals surface area contributed by atoms with Gasteiger partial charge in [0, 0.05) is 12.7 Å². The van der Waals surface area contributed by atoms with Gasteiger partial charge >= 0.3 is 0 Å². The van der Waals surface area contributed by atoms with Crippen molar-refractivity contribution >= 4 is 28.3 Å². The maximum absolute atomic E-state index is 4.62. The Bertz CT molecular complexity index is 911. The van der Waals surface area contributed by atoms with E-state index < -0.39 is 0 Å². The van der Waals surface area contributed by atoms with E-state index in [2.05, 4.69) is 49.5 Å². The van der Waals surface area contributed by atoms with Crippen LogP contribution >= 0.6 is 11.3 Å². The number of nitrogens with one attached hydrogen (secondary N) is 1. The van der Waals surface area contributed by atoms with Crippen molar-refractivity contribution in [3.8, 4) is 16.3 Å². The molecule has 22 heavy (non-hydrogen) atoms. The van der Waals surface area contributed by atoms with E-state index >= 15 is 0 Å². The SMILES string of the molecule is CNc1nc2cnc(-c3cccs3)cc2n1-c1ccccc1.